The lowest BCUT2D eigenvalue weighted by atomic mass is 9.95. The number of rotatable bonds is 3. The molecule has 0 atom stereocenters. The van der Waals surface area contributed by atoms with Crippen molar-refractivity contribution in [2.75, 3.05) is 19.0 Å². The summed E-state index contributed by atoms with van der Waals surface area (Å²) in [6.45, 7) is 1.08. The van der Waals surface area contributed by atoms with Crippen molar-refractivity contribution in [2.45, 2.75) is 19.3 Å². The van der Waals surface area contributed by atoms with Crippen molar-refractivity contribution in [3.05, 3.63) is 59.2 Å². The molecule has 0 saturated heterocycles. The number of aryl methyl sites for hydroxylation is 1. The molecule has 2 aromatic rings. The molecule has 1 N–H and O–H groups in total. The summed E-state index contributed by atoms with van der Waals surface area (Å²) in [7, 11) is 1.73. The zero-order valence-electron chi connectivity index (χ0n) is 11.3. The van der Waals surface area contributed by atoms with Crippen LogP contribution < -0.4 is 10.1 Å². The second-order valence-corrected chi connectivity index (χ2v) is 4.97. The SMILES string of the molecule is COc1ccccc1Cc1cccc2c1NCCC2. The highest BCUT2D eigenvalue weighted by Gasteiger charge is 2.13. The Kier molecular flexibility index (Phi) is 3.41. The quantitative estimate of drug-likeness (QED) is 0.901. The van der Waals surface area contributed by atoms with E-state index >= 15 is 0 Å². The molecule has 1 aliphatic heterocycles. The van der Waals surface area contributed by atoms with Gasteiger partial charge < -0.3 is 10.1 Å². The van der Waals surface area contributed by atoms with Crippen LogP contribution in [0.5, 0.6) is 5.75 Å². The minimum Gasteiger partial charge on any atom is -0.496 e. The average molecular weight is 253 g/mol. The van der Waals surface area contributed by atoms with Crippen LogP contribution >= 0.6 is 0 Å². The Morgan fingerprint density at radius 1 is 1.05 bits per heavy atom. The van der Waals surface area contributed by atoms with Gasteiger partial charge in [-0.25, -0.2) is 0 Å². The van der Waals surface area contributed by atoms with Crippen LogP contribution in [0.2, 0.25) is 0 Å². The molecule has 2 heteroatoms. The number of ether oxygens (including phenoxy) is 1. The Labute approximate surface area is 114 Å². The van der Waals surface area contributed by atoms with Crippen LogP contribution in [-0.2, 0) is 12.8 Å². The lowest BCUT2D eigenvalue weighted by molar-refractivity contribution is 0.410. The van der Waals surface area contributed by atoms with Crippen LogP contribution in [0.25, 0.3) is 0 Å². The highest BCUT2D eigenvalue weighted by Crippen LogP contribution is 2.30. The molecule has 0 aliphatic carbocycles. The summed E-state index contributed by atoms with van der Waals surface area (Å²) in [5.74, 6) is 0.968. The van der Waals surface area contributed by atoms with Crippen LogP contribution in [0.3, 0.4) is 0 Å². The number of hydrogen-bond donors (Lipinski definition) is 1. The van der Waals surface area contributed by atoms with Crippen LogP contribution in [0.15, 0.2) is 42.5 Å². The van der Waals surface area contributed by atoms with E-state index in [0.717, 1.165) is 18.7 Å². The monoisotopic (exact) mass is 253 g/mol. The Morgan fingerprint density at radius 3 is 2.79 bits per heavy atom. The van der Waals surface area contributed by atoms with Gasteiger partial charge in [0.1, 0.15) is 5.75 Å². The fraction of sp³-hybridized carbons (Fsp3) is 0.294. The summed E-state index contributed by atoms with van der Waals surface area (Å²) in [5.41, 5.74) is 5.38. The van der Waals surface area contributed by atoms with E-state index in [9.17, 15) is 0 Å². The molecular formula is C17H19NO. The molecule has 2 aromatic carbocycles. The fourth-order valence-corrected chi connectivity index (χ4v) is 2.78. The summed E-state index contributed by atoms with van der Waals surface area (Å²) in [4.78, 5) is 0. The number of hydrogen-bond acceptors (Lipinski definition) is 2. The van der Waals surface area contributed by atoms with E-state index in [4.69, 9.17) is 4.74 Å². The van der Waals surface area contributed by atoms with Gasteiger partial charge in [0, 0.05) is 18.7 Å². The number of fused-ring (bicyclic) bond motifs is 1. The zero-order valence-corrected chi connectivity index (χ0v) is 11.3. The zero-order chi connectivity index (χ0) is 13.1. The van der Waals surface area contributed by atoms with Gasteiger partial charge in [0.25, 0.3) is 0 Å². The van der Waals surface area contributed by atoms with Gasteiger partial charge in [-0.2, -0.15) is 0 Å². The van der Waals surface area contributed by atoms with E-state index in [2.05, 4.69) is 35.6 Å². The second kappa shape index (κ2) is 5.35. The molecule has 0 amide bonds. The molecule has 3 rings (SSSR count). The predicted octanol–water partition coefficient (Wildman–Crippen LogP) is 3.64. The number of nitrogens with one attached hydrogen (secondary N) is 1. The fourth-order valence-electron chi connectivity index (χ4n) is 2.78. The van der Waals surface area contributed by atoms with Gasteiger partial charge in [0.05, 0.1) is 7.11 Å². The van der Waals surface area contributed by atoms with E-state index in [1.54, 1.807) is 7.11 Å². The standard InChI is InChI=1S/C17H19NO/c1-19-16-10-3-2-6-14(16)12-15-8-4-7-13-9-5-11-18-17(13)15/h2-4,6-8,10,18H,5,9,11-12H2,1H3. The molecule has 0 spiro atoms. The maximum atomic E-state index is 5.44. The molecule has 0 aromatic heterocycles. The molecule has 1 heterocycles. The number of para-hydroxylation sites is 2. The Bertz CT molecular complexity index is 577. The summed E-state index contributed by atoms with van der Waals surface area (Å²) >= 11 is 0. The third-order valence-electron chi connectivity index (χ3n) is 3.74. The third-order valence-corrected chi connectivity index (χ3v) is 3.74. The van der Waals surface area contributed by atoms with Crippen molar-refractivity contribution < 1.29 is 4.74 Å². The maximum Gasteiger partial charge on any atom is 0.122 e. The number of anilines is 1. The van der Waals surface area contributed by atoms with Crippen molar-refractivity contribution in [1.29, 1.82) is 0 Å². The molecule has 0 fully saturated rings. The van der Waals surface area contributed by atoms with E-state index in [0.29, 0.717) is 0 Å². The lowest BCUT2D eigenvalue weighted by Gasteiger charge is -2.21. The van der Waals surface area contributed by atoms with Crippen LogP contribution in [0, 0.1) is 0 Å². The molecular weight excluding hydrogens is 234 g/mol. The van der Waals surface area contributed by atoms with Crippen molar-refractivity contribution in [2.24, 2.45) is 0 Å². The Morgan fingerprint density at radius 2 is 1.89 bits per heavy atom. The molecule has 1 aliphatic rings. The van der Waals surface area contributed by atoms with Gasteiger partial charge in [0.15, 0.2) is 0 Å². The topological polar surface area (TPSA) is 21.3 Å². The molecule has 0 unspecified atom stereocenters. The van der Waals surface area contributed by atoms with Gasteiger partial charge in [-0.05, 0) is 35.6 Å². The van der Waals surface area contributed by atoms with E-state index in [-0.39, 0.29) is 0 Å². The molecule has 19 heavy (non-hydrogen) atoms. The first-order valence-electron chi connectivity index (χ1n) is 6.85. The minimum absolute atomic E-state index is 0.917. The van der Waals surface area contributed by atoms with Crippen molar-refractivity contribution in [3.63, 3.8) is 0 Å². The normalized spacial score (nSPS) is 13.5. The van der Waals surface area contributed by atoms with E-state index < -0.39 is 0 Å². The van der Waals surface area contributed by atoms with Crippen molar-refractivity contribution in [1.82, 2.24) is 0 Å². The van der Waals surface area contributed by atoms with E-state index in [1.807, 2.05) is 12.1 Å². The van der Waals surface area contributed by atoms with Gasteiger partial charge in [-0.3, -0.25) is 0 Å². The molecule has 98 valence electrons. The molecule has 0 saturated carbocycles. The summed E-state index contributed by atoms with van der Waals surface area (Å²) in [6.07, 6.45) is 3.33. The molecule has 0 bridgehead atoms. The predicted molar refractivity (Wildman–Crippen MR) is 79.1 cm³/mol. The van der Waals surface area contributed by atoms with Gasteiger partial charge in [0.2, 0.25) is 0 Å². The highest BCUT2D eigenvalue weighted by atomic mass is 16.5. The Hall–Kier alpha value is -1.96. The average Bonchev–Trinajstić information content (AvgIpc) is 2.48. The summed E-state index contributed by atoms with van der Waals surface area (Å²) in [5, 5.41) is 3.55. The lowest BCUT2D eigenvalue weighted by Crippen LogP contribution is -2.13. The summed E-state index contributed by atoms with van der Waals surface area (Å²) < 4.78 is 5.44. The highest BCUT2D eigenvalue weighted by molar-refractivity contribution is 5.60. The van der Waals surface area contributed by atoms with Gasteiger partial charge >= 0.3 is 0 Å². The van der Waals surface area contributed by atoms with Crippen LogP contribution in [0.4, 0.5) is 5.69 Å². The second-order valence-electron chi connectivity index (χ2n) is 4.97. The minimum atomic E-state index is 0.917. The van der Waals surface area contributed by atoms with Crippen LogP contribution in [0.1, 0.15) is 23.1 Å². The van der Waals surface area contributed by atoms with Crippen molar-refractivity contribution in [3.8, 4) is 5.75 Å². The summed E-state index contributed by atoms with van der Waals surface area (Å²) in [6, 6.07) is 14.9. The van der Waals surface area contributed by atoms with Crippen LogP contribution in [-0.4, -0.2) is 13.7 Å². The largest absolute Gasteiger partial charge is 0.496 e. The maximum absolute atomic E-state index is 5.44. The third kappa shape index (κ3) is 2.43. The van der Waals surface area contributed by atoms with Gasteiger partial charge in [-0.1, -0.05) is 36.4 Å². The first-order valence-corrected chi connectivity index (χ1v) is 6.85. The first kappa shape index (κ1) is 12.1. The molecule has 2 nitrogen and oxygen atoms in total. The molecule has 0 radical (unpaired) electrons. The number of methoxy groups -OCH3 is 1. The van der Waals surface area contributed by atoms with Crippen molar-refractivity contribution >= 4 is 5.69 Å². The Balaban J connectivity index is 1.95. The van der Waals surface area contributed by atoms with E-state index in [1.165, 1.54) is 35.2 Å². The number of benzene rings is 2. The van der Waals surface area contributed by atoms with Gasteiger partial charge in [-0.15, -0.1) is 0 Å². The smallest absolute Gasteiger partial charge is 0.122 e. The first-order chi connectivity index (χ1) is 9.38.